The van der Waals surface area contributed by atoms with Crippen molar-refractivity contribution in [2.75, 3.05) is 26.7 Å². The molecule has 142 valence electrons. The molecule has 2 amide bonds. The van der Waals surface area contributed by atoms with Gasteiger partial charge in [0, 0.05) is 19.6 Å². The number of benzene rings is 1. The third-order valence-corrected chi connectivity index (χ3v) is 6.12. The summed E-state index contributed by atoms with van der Waals surface area (Å²) in [6.45, 7) is 3.61. The van der Waals surface area contributed by atoms with Gasteiger partial charge in [0.05, 0.1) is 12.5 Å². The van der Waals surface area contributed by atoms with Crippen LogP contribution in [0.5, 0.6) is 5.75 Å². The maximum absolute atomic E-state index is 12.4. The number of urea groups is 1. The number of nitrogens with one attached hydrogen (secondary N) is 1. The summed E-state index contributed by atoms with van der Waals surface area (Å²) in [5, 5.41) is 12.6. The molecule has 1 aromatic rings. The van der Waals surface area contributed by atoms with Crippen LogP contribution < -0.4 is 10.1 Å². The smallest absolute Gasteiger partial charge is 0.317 e. The third kappa shape index (κ3) is 3.50. The maximum Gasteiger partial charge on any atom is 0.317 e. The molecule has 2 N–H and O–H groups in total. The first kappa shape index (κ1) is 18.5. The van der Waals surface area contributed by atoms with Crippen molar-refractivity contribution in [2.45, 2.75) is 38.5 Å². The number of carbonyl (C=O) groups is 2. The summed E-state index contributed by atoms with van der Waals surface area (Å²) < 4.78 is 5.17. The lowest BCUT2D eigenvalue weighted by molar-refractivity contribution is -0.149. The summed E-state index contributed by atoms with van der Waals surface area (Å²) in [5.41, 5.74) is 0.494. The van der Waals surface area contributed by atoms with Gasteiger partial charge in [0.25, 0.3) is 0 Å². The largest absolute Gasteiger partial charge is 0.497 e. The lowest BCUT2D eigenvalue weighted by atomic mass is 9.81. The molecule has 2 fully saturated rings. The first-order chi connectivity index (χ1) is 12.5. The van der Waals surface area contributed by atoms with E-state index in [1.165, 1.54) is 5.56 Å². The SMILES string of the molecule is COc1ccc(C(C)CCNC(=O)N2C[C@@H]3CCC[C@@]3(C(=O)O)C2)cc1. The van der Waals surface area contributed by atoms with Crippen molar-refractivity contribution in [3.05, 3.63) is 29.8 Å². The van der Waals surface area contributed by atoms with Gasteiger partial charge in [0.15, 0.2) is 0 Å². The molecule has 1 aromatic carbocycles. The molecule has 0 aromatic heterocycles. The first-order valence-electron chi connectivity index (χ1n) is 9.36. The number of amides is 2. The lowest BCUT2D eigenvalue weighted by Crippen LogP contribution is -2.42. The Morgan fingerprint density at radius 2 is 2.12 bits per heavy atom. The van der Waals surface area contributed by atoms with E-state index in [1.54, 1.807) is 12.0 Å². The Morgan fingerprint density at radius 1 is 1.38 bits per heavy atom. The van der Waals surface area contributed by atoms with Crippen LogP contribution in [0.2, 0.25) is 0 Å². The maximum atomic E-state index is 12.4. The molecule has 0 radical (unpaired) electrons. The Bertz CT molecular complexity index is 660. The number of fused-ring (bicyclic) bond motifs is 1. The van der Waals surface area contributed by atoms with E-state index >= 15 is 0 Å². The van der Waals surface area contributed by atoms with Crippen molar-refractivity contribution in [2.24, 2.45) is 11.3 Å². The molecule has 6 heteroatoms. The molecule has 6 nitrogen and oxygen atoms in total. The van der Waals surface area contributed by atoms with Crippen molar-refractivity contribution in [1.29, 1.82) is 0 Å². The minimum Gasteiger partial charge on any atom is -0.497 e. The summed E-state index contributed by atoms with van der Waals surface area (Å²) in [4.78, 5) is 25.9. The van der Waals surface area contributed by atoms with E-state index in [4.69, 9.17) is 4.74 Å². The first-order valence-corrected chi connectivity index (χ1v) is 9.36. The third-order valence-electron chi connectivity index (χ3n) is 6.12. The van der Waals surface area contributed by atoms with Crippen LogP contribution in [0.15, 0.2) is 24.3 Å². The van der Waals surface area contributed by atoms with Gasteiger partial charge in [0.2, 0.25) is 0 Å². The Morgan fingerprint density at radius 3 is 2.73 bits per heavy atom. The zero-order valence-electron chi connectivity index (χ0n) is 15.5. The Balaban J connectivity index is 1.48. The lowest BCUT2D eigenvalue weighted by Gasteiger charge is -2.23. The number of ether oxygens (including phenoxy) is 1. The number of hydrogen-bond acceptors (Lipinski definition) is 3. The minimum atomic E-state index is -0.747. The molecule has 2 aliphatic rings. The van der Waals surface area contributed by atoms with E-state index < -0.39 is 11.4 Å². The number of carboxylic acid groups (broad SMARTS) is 1. The standard InChI is InChI=1S/C20H28N2O4/c1-14(15-5-7-17(26-2)8-6-15)9-11-21-19(25)22-12-16-4-3-10-20(16,13-22)18(23)24/h5-8,14,16H,3-4,9-13H2,1-2H3,(H,21,25)(H,23,24)/t14?,16-,20+/m0/s1. The van der Waals surface area contributed by atoms with Gasteiger partial charge in [-0.2, -0.15) is 0 Å². The van der Waals surface area contributed by atoms with Crippen LogP contribution in [-0.4, -0.2) is 48.8 Å². The summed E-state index contributed by atoms with van der Waals surface area (Å²) in [5.74, 6) is 0.512. The predicted molar refractivity (Wildman–Crippen MR) is 98.4 cm³/mol. The number of likely N-dealkylation sites (tertiary alicyclic amines) is 1. The summed E-state index contributed by atoms with van der Waals surface area (Å²) >= 11 is 0. The molecule has 3 atom stereocenters. The van der Waals surface area contributed by atoms with Crippen molar-refractivity contribution in [1.82, 2.24) is 10.2 Å². The van der Waals surface area contributed by atoms with Crippen LogP contribution in [0, 0.1) is 11.3 Å². The monoisotopic (exact) mass is 360 g/mol. The van der Waals surface area contributed by atoms with Gasteiger partial charge in [-0.1, -0.05) is 25.5 Å². The Hall–Kier alpha value is -2.24. The molecule has 1 saturated heterocycles. The molecule has 0 spiro atoms. The number of hydrogen-bond donors (Lipinski definition) is 2. The van der Waals surface area contributed by atoms with Crippen LogP contribution in [0.1, 0.15) is 44.1 Å². The predicted octanol–water partition coefficient (Wildman–Crippen LogP) is 3.09. The van der Waals surface area contributed by atoms with Crippen LogP contribution in [-0.2, 0) is 4.79 Å². The highest BCUT2D eigenvalue weighted by Crippen LogP contribution is 2.48. The second kappa shape index (κ2) is 7.56. The van der Waals surface area contributed by atoms with Crippen molar-refractivity contribution in [3.8, 4) is 5.75 Å². The fraction of sp³-hybridized carbons (Fsp3) is 0.600. The molecule has 1 heterocycles. The number of rotatable bonds is 6. The number of carboxylic acids is 1. The van der Waals surface area contributed by atoms with Crippen molar-refractivity contribution in [3.63, 3.8) is 0 Å². The van der Waals surface area contributed by atoms with Crippen LogP contribution in [0.3, 0.4) is 0 Å². The molecule has 0 bridgehead atoms. The Labute approximate surface area is 154 Å². The number of methoxy groups -OCH3 is 1. The van der Waals surface area contributed by atoms with E-state index in [1.807, 2.05) is 24.3 Å². The number of nitrogens with zero attached hydrogens (tertiary/aromatic N) is 1. The second-order valence-electron chi connectivity index (χ2n) is 7.63. The van der Waals surface area contributed by atoms with E-state index in [9.17, 15) is 14.7 Å². The van der Waals surface area contributed by atoms with Gasteiger partial charge in [-0.15, -0.1) is 0 Å². The van der Waals surface area contributed by atoms with Crippen molar-refractivity contribution < 1.29 is 19.4 Å². The highest BCUT2D eigenvalue weighted by atomic mass is 16.5. The van der Waals surface area contributed by atoms with Gasteiger partial charge >= 0.3 is 12.0 Å². The topological polar surface area (TPSA) is 78.9 Å². The quantitative estimate of drug-likeness (QED) is 0.817. The molecule has 1 saturated carbocycles. The molecule has 3 rings (SSSR count). The number of aliphatic carboxylic acids is 1. The summed E-state index contributed by atoms with van der Waals surface area (Å²) in [7, 11) is 1.65. The average Bonchev–Trinajstić information content (AvgIpc) is 3.20. The van der Waals surface area contributed by atoms with Gasteiger partial charge in [-0.25, -0.2) is 4.79 Å². The zero-order chi connectivity index (χ0) is 18.7. The average molecular weight is 360 g/mol. The minimum absolute atomic E-state index is 0.101. The fourth-order valence-electron chi connectivity index (χ4n) is 4.40. The fourth-order valence-corrected chi connectivity index (χ4v) is 4.40. The molecular formula is C20H28N2O4. The second-order valence-corrected chi connectivity index (χ2v) is 7.63. The highest BCUT2D eigenvalue weighted by Gasteiger charge is 2.55. The van der Waals surface area contributed by atoms with Gasteiger partial charge < -0.3 is 20.1 Å². The summed E-state index contributed by atoms with van der Waals surface area (Å²) in [6, 6.07) is 7.84. The van der Waals surface area contributed by atoms with Crippen LogP contribution >= 0.6 is 0 Å². The van der Waals surface area contributed by atoms with E-state index in [0.29, 0.717) is 32.0 Å². The molecule has 1 aliphatic carbocycles. The van der Waals surface area contributed by atoms with Crippen molar-refractivity contribution >= 4 is 12.0 Å². The van der Waals surface area contributed by atoms with Crippen LogP contribution in [0.4, 0.5) is 4.79 Å². The van der Waals surface area contributed by atoms with Gasteiger partial charge in [-0.3, -0.25) is 4.79 Å². The molecular weight excluding hydrogens is 332 g/mol. The van der Waals surface area contributed by atoms with Gasteiger partial charge in [0.1, 0.15) is 5.75 Å². The molecule has 1 aliphatic heterocycles. The normalized spacial score (nSPS) is 25.6. The van der Waals surface area contributed by atoms with E-state index in [2.05, 4.69) is 12.2 Å². The molecule has 26 heavy (non-hydrogen) atoms. The number of carbonyl (C=O) groups excluding carboxylic acids is 1. The van der Waals surface area contributed by atoms with Crippen LogP contribution in [0.25, 0.3) is 0 Å². The summed E-state index contributed by atoms with van der Waals surface area (Å²) in [6.07, 6.45) is 3.38. The van der Waals surface area contributed by atoms with Gasteiger partial charge in [-0.05, 0) is 48.8 Å². The molecule has 1 unspecified atom stereocenters. The van der Waals surface area contributed by atoms with E-state index in [0.717, 1.165) is 25.0 Å². The Kier molecular flexibility index (Phi) is 5.39. The van der Waals surface area contributed by atoms with E-state index in [-0.39, 0.29) is 11.9 Å². The zero-order valence-corrected chi connectivity index (χ0v) is 15.5. The highest BCUT2D eigenvalue weighted by molar-refractivity contribution is 5.80.